The van der Waals surface area contributed by atoms with Crippen molar-refractivity contribution >= 4 is 39.7 Å². The summed E-state index contributed by atoms with van der Waals surface area (Å²) >= 11 is 7.45. The molecule has 2 nitrogen and oxygen atoms in total. The molecule has 2 aromatic heterocycles. The van der Waals surface area contributed by atoms with Crippen molar-refractivity contribution in [2.75, 3.05) is 0 Å². The summed E-state index contributed by atoms with van der Waals surface area (Å²) in [5.41, 5.74) is 1.63. The van der Waals surface area contributed by atoms with Crippen molar-refractivity contribution < 1.29 is 9.21 Å². The average molecular weight is 277 g/mol. The van der Waals surface area contributed by atoms with Crippen LogP contribution in [0.5, 0.6) is 0 Å². The van der Waals surface area contributed by atoms with Gasteiger partial charge in [0.15, 0.2) is 5.76 Å². The van der Waals surface area contributed by atoms with Gasteiger partial charge < -0.3 is 4.42 Å². The Hall–Kier alpha value is -1.58. The van der Waals surface area contributed by atoms with E-state index in [4.69, 9.17) is 16.0 Å². The fourth-order valence-corrected chi connectivity index (χ4v) is 3.01. The third-order valence-corrected chi connectivity index (χ3v) is 4.45. The van der Waals surface area contributed by atoms with Crippen LogP contribution in [-0.2, 0) is 0 Å². The van der Waals surface area contributed by atoms with Crippen molar-refractivity contribution in [3.05, 3.63) is 56.9 Å². The summed E-state index contributed by atoms with van der Waals surface area (Å²) in [6.07, 6.45) is 0. The molecule has 0 aliphatic rings. The zero-order valence-electron chi connectivity index (χ0n) is 9.57. The van der Waals surface area contributed by atoms with Crippen LogP contribution in [-0.4, -0.2) is 5.78 Å². The molecule has 4 heteroatoms. The Morgan fingerprint density at radius 2 is 2.11 bits per heavy atom. The van der Waals surface area contributed by atoms with Crippen molar-refractivity contribution in [3.63, 3.8) is 0 Å². The van der Waals surface area contributed by atoms with E-state index >= 15 is 0 Å². The minimum Gasteiger partial charge on any atom is -0.453 e. The largest absolute Gasteiger partial charge is 0.453 e. The smallest absolute Gasteiger partial charge is 0.239 e. The molecular formula is C14H9ClO2S. The van der Waals surface area contributed by atoms with Crippen LogP contribution in [0.4, 0.5) is 0 Å². The number of rotatable bonds is 2. The lowest BCUT2D eigenvalue weighted by atomic mass is 10.2. The Morgan fingerprint density at radius 3 is 2.78 bits per heavy atom. The Bertz CT molecular complexity index is 706. The van der Waals surface area contributed by atoms with Gasteiger partial charge in [-0.3, -0.25) is 4.79 Å². The van der Waals surface area contributed by atoms with Gasteiger partial charge in [-0.05, 0) is 30.0 Å². The zero-order chi connectivity index (χ0) is 12.7. The van der Waals surface area contributed by atoms with E-state index in [0.717, 1.165) is 10.9 Å². The van der Waals surface area contributed by atoms with Gasteiger partial charge in [-0.1, -0.05) is 29.8 Å². The fraction of sp³-hybridized carbons (Fsp3) is 0.0714. The first-order valence-electron chi connectivity index (χ1n) is 5.43. The van der Waals surface area contributed by atoms with E-state index in [-0.39, 0.29) is 5.78 Å². The monoisotopic (exact) mass is 276 g/mol. The summed E-state index contributed by atoms with van der Waals surface area (Å²) in [4.78, 5) is 12.8. The second-order valence-corrected chi connectivity index (χ2v) is 5.30. The van der Waals surface area contributed by atoms with Gasteiger partial charge in [-0.25, -0.2) is 0 Å². The molecule has 0 unspecified atom stereocenters. The minimum atomic E-state index is -0.158. The highest BCUT2D eigenvalue weighted by Crippen LogP contribution is 2.30. The summed E-state index contributed by atoms with van der Waals surface area (Å²) in [6.45, 7) is 1.88. The molecule has 0 spiro atoms. The van der Waals surface area contributed by atoms with Gasteiger partial charge in [0, 0.05) is 5.39 Å². The molecular weight excluding hydrogens is 268 g/mol. The maximum Gasteiger partial charge on any atom is 0.239 e. The number of aryl methyl sites for hydroxylation is 1. The average Bonchev–Trinajstić information content (AvgIpc) is 2.94. The Kier molecular flexibility index (Phi) is 2.73. The molecule has 0 aliphatic heterocycles. The first-order chi connectivity index (χ1) is 8.66. The Balaban J connectivity index is 2.09. The van der Waals surface area contributed by atoms with Crippen molar-refractivity contribution in [3.8, 4) is 0 Å². The van der Waals surface area contributed by atoms with Gasteiger partial charge in [0.25, 0.3) is 0 Å². The molecule has 3 rings (SSSR count). The Labute approximate surface area is 113 Å². The summed E-state index contributed by atoms with van der Waals surface area (Å²) in [5.74, 6) is 0.175. The predicted octanol–water partition coefficient (Wildman–Crippen LogP) is 4.69. The Morgan fingerprint density at radius 1 is 1.33 bits per heavy atom. The van der Waals surface area contributed by atoms with Gasteiger partial charge in [-0.15, -0.1) is 11.3 Å². The minimum absolute atomic E-state index is 0.158. The van der Waals surface area contributed by atoms with Crippen molar-refractivity contribution in [1.82, 2.24) is 0 Å². The summed E-state index contributed by atoms with van der Waals surface area (Å²) in [7, 11) is 0. The maximum atomic E-state index is 12.3. The first-order valence-corrected chi connectivity index (χ1v) is 6.69. The quantitative estimate of drug-likeness (QED) is 0.636. The highest BCUT2D eigenvalue weighted by Gasteiger charge is 2.20. The van der Waals surface area contributed by atoms with Crippen LogP contribution < -0.4 is 0 Å². The second kappa shape index (κ2) is 4.26. The standard InChI is InChI=1S/C14H9ClO2S/c1-8-7-18-14(12(8)15)13(16)11-6-9-4-2-3-5-10(9)17-11/h2-7H,1H3. The number of thiophene rings is 1. The summed E-state index contributed by atoms with van der Waals surface area (Å²) in [5, 5.41) is 3.31. The van der Waals surface area contributed by atoms with Gasteiger partial charge in [-0.2, -0.15) is 0 Å². The van der Waals surface area contributed by atoms with Crippen LogP contribution in [0.2, 0.25) is 5.02 Å². The second-order valence-electron chi connectivity index (χ2n) is 4.04. The maximum absolute atomic E-state index is 12.3. The van der Waals surface area contributed by atoms with E-state index in [2.05, 4.69) is 0 Å². The van der Waals surface area contributed by atoms with Crippen LogP contribution in [0.25, 0.3) is 11.0 Å². The molecule has 0 saturated carbocycles. The van der Waals surface area contributed by atoms with E-state index in [1.54, 1.807) is 6.07 Å². The van der Waals surface area contributed by atoms with Crippen molar-refractivity contribution in [2.45, 2.75) is 6.92 Å². The molecule has 90 valence electrons. The fourth-order valence-electron chi connectivity index (χ4n) is 1.79. The molecule has 0 amide bonds. The van der Waals surface area contributed by atoms with Crippen LogP contribution in [0.3, 0.4) is 0 Å². The van der Waals surface area contributed by atoms with Crippen LogP contribution >= 0.6 is 22.9 Å². The number of benzene rings is 1. The van der Waals surface area contributed by atoms with Gasteiger partial charge in [0.2, 0.25) is 5.78 Å². The molecule has 0 bridgehead atoms. The first kappa shape index (κ1) is 11.5. The third kappa shape index (κ3) is 1.76. The number of furan rings is 1. The summed E-state index contributed by atoms with van der Waals surface area (Å²) in [6, 6.07) is 9.30. The molecule has 1 aromatic carbocycles. The number of carbonyl (C=O) groups is 1. The van der Waals surface area contributed by atoms with Crippen LogP contribution in [0.1, 0.15) is 21.0 Å². The molecule has 0 radical (unpaired) electrons. The number of para-hydroxylation sites is 1. The van der Waals surface area contributed by atoms with E-state index < -0.39 is 0 Å². The number of hydrogen-bond donors (Lipinski definition) is 0. The number of carbonyl (C=O) groups excluding carboxylic acids is 1. The highest BCUT2D eigenvalue weighted by molar-refractivity contribution is 7.13. The molecule has 2 heterocycles. The number of hydrogen-bond acceptors (Lipinski definition) is 3. The molecule has 0 fully saturated rings. The van der Waals surface area contributed by atoms with E-state index in [1.807, 2.05) is 36.6 Å². The normalized spacial score (nSPS) is 11.0. The molecule has 0 N–H and O–H groups in total. The lowest BCUT2D eigenvalue weighted by Crippen LogP contribution is -1.96. The SMILES string of the molecule is Cc1csc(C(=O)c2cc3ccccc3o2)c1Cl. The van der Waals surface area contributed by atoms with Crippen LogP contribution in [0.15, 0.2) is 40.1 Å². The van der Waals surface area contributed by atoms with Crippen molar-refractivity contribution in [2.24, 2.45) is 0 Å². The van der Waals surface area contributed by atoms with Crippen molar-refractivity contribution in [1.29, 1.82) is 0 Å². The molecule has 0 aliphatic carbocycles. The number of ketones is 1. The topological polar surface area (TPSA) is 30.2 Å². The third-order valence-electron chi connectivity index (χ3n) is 2.75. The molecule has 3 aromatic rings. The van der Waals surface area contributed by atoms with E-state index in [9.17, 15) is 4.79 Å². The number of fused-ring (bicyclic) bond motifs is 1. The van der Waals surface area contributed by atoms with Gasteiger partial charge >= 0.3 is 0 Å². The highest BCUT2D eigenvalue weighted by atomic mass is 35.5. The zero-order valence-corrected chi connectivity index (χ0v) is 11.1. The molecule has 18 heavy (non-hydrogen) atoms. The van der Waals surface area contributed by atoms with Crippen LogP contribution in [0, 0.1) is 6.92 Å². The summed E-state index contributed by atoms with van der Waals surface area (Å²) < 4.78 is 5.55. The lowest BCUT2D eigenvalue weighted by Gasteiger charge is -1.94. The van der Waals surface area contributed by atoms with Gasteiger partial charge in [0.05, 0.1) is 9.90 Å². The molecule has 0 atom stereocenters. The van der Waals surface area contributed by atoms with E-state index in [0.29, 0.717) is 21.2 Å². The lowest BCUT2D eigenvalue weighted by molar-refractivity contribution is 0.101. The van der Waals surface area contributed by atoms with E-state index in [1.165, 1.54) is 11.3 Å². The predicted molar refractivity (Wildman–Crippen MR) is 73.7 cm³/mol. The van der Waals surface area contributed by atoms with Gasteiger partial charge in [0.1, 0.15) is 5.58 Å². The molecule has 0 saturated heterocycles. The number of halogens is 1.